The highest BCUT2D eigenvalue weighted by Gasteiger charge is 2.00. The Kier molecular flexibility index (Phi) is 2.41. The third-order valence-corrected chi connectivity index (χ3v) is 2.03. The standard InChI is InChI=1S/C6H5N3O3S/c10-11-12-13-4-1-2-5-6(3-4)8-9-7-5/h1-3,10H,(H,7,8,9). The van der Waals surface area contributed by atoms with Gasteiger partial charge < -0.3 is 0 Å². The molecule has 1 heterocycles. The maximum atomic E-state index is 7.93. The van der Waals surface area contributed by atoms with Gasteiger partial charge in [0.1, 0.15) is 5.52 Å². The molecular formula is C6H5N3O3S. The van der Waals surface area contributed by atoms with Gasteiger partial charge in [0.15, 0.2) is 0 Å². The van der Waals surface area contributed by atoms with E-state index >= 15 is 0 Å². The third-order valence-electron chi connectivity index (χ3n) is 1.46. The van der Waals surface area contributed by atoms with E-state index in [0.717, 1.165) is 28.0 Å². The van der Waals surface area contributed by atoms with E-state index in [1.54, 1.807) is 18.2 Å². The van der Waals surface area contributed by atoms with E-state index in [0.29, 0.717) is 0 Å². The molecule has 0 radical (unpaired) electrons. The van der Waals surface area contributed by atoms with Crippen molar-refractivity contribution in [2.45, 2.75) is 4.90 Å². The molecule has 0 spiro atoms. The zero-order chi connectivity index (χ0) is 9.10. The SMILES string of the molecule is OOOSc1ccc2nn[nH]c2c1. The molecule has 1 aromatic carbocycles. The molecule has 0 saturated carbocycles. The van der Waals surface area contributed by atoms with E-state index in [2.05, 4.69) is 24.8 Å². The molecular weight excluding hydrogens is 194 g/mol. The Hall–Kier alpha value is -1.15. The Morgan fingerprint density at radius 2 is 2.38 bits per heavy atom. The lowest BCUT2D eigenvalue weighted by Crippen LogP contribution is -1.78. The summed E-state index contributed by atoms with van der Waals surface area (Å²) in [5.74, 6) is 0. The van der Waals surface area contributed by atoms with Crippen LogP contribution in [-0.4, -0.2) is 20.7 Å². The second-order valence-corrected chi connectivity index (χ2v) is 2.99. The number of aromatic amines is 1. The first-order chi connectivity index (χ1) is 6.40. The van der Waals surface area contributed by atoms with Crippen molar-refractivity contribution in [3.63, 3.8) is 0 Å². The fourth-order valence-corrected chi connectivity index (χ4v) is 1.33. The minimum absolute atomic E-state index is 0.771. The largest absolute Gasteiger partial charge is 0.258 e. The number of hydrogen-bond donors (Lipinski definition) is 2. The summed E-state index contributed by atoms with van der Waals surface area (Å²) in [5.41, 5.74) is 1.57. The van der Waals surface area contributed by atoms with Gasteiger partial charge in [0.2, 0.25) is 0 Å². The van der Waals surface area contributed by atoms with Crippen molar-refractivity contribution >= 4 is 23.1 Å². The van der Waals surface area contributed by atoms with Crippen LogP contribution in [-0.2, 0) is 9.37 Å². The summed E-state index contributed by atoms with van der Waals surface area (Å²) in [6.45, 7) is 0. The van der Waals surface area contributed by atoms with Crippen molar-refractivity contribution in [1.29, 1.82) is 0 Å². The summed E-state index contributed by atoms with van der Waals surface area (Å²) in [6, 6.07) is 5.33. The molecule has 0 aliphatic rings. The van der Waals surface area contributed by atoms with E-state index < -0.39 is 0 Å². The Balaban J connectivity index is 2.26. The van der Waals surface area contributed by atoms with Crippen LogP contribution >= 0.6 is 12.0 Å². The number of aromatic nitrogens is 3. The molecule has 0 bridgehead atoms. The Labute approximate surface area is 76.9 Å². The van der Waals surface area contributed by atoms with Crippen LogP contribution in [0.5, 0.6) is 0 Å². The van der Waals surface area contributed by atoms with Crippen LogP contribution in [0.25, 0.3) is 11.0 Å². The summed E-state index contributed by atoms with van der Waals surface area (Å²) in [4.78, 5) is 0.771. The topological polar surface area (TPSA) is 80.3 Å². The van der Waals surface area contributed by atoms with E-state index in [1.165, 1.54) is 0 Å². The van der Waals surface area contributed by atoms with Gasteiger partial charge in [0.25, 0.3) is 0 Å². The highest BCUT2D eigenvalue weighted by molar-refractivity contribution is 7.94. The molecule has 2 aromatic rings. The summed E-state index contributed by atoms with van der Waals surface area (Å²) in [7, 11) is 0. The first-order valence-corrected chi connectivity index (χ1v) is 4.10. The molecule has 0 atom stereocenters. The molecule has 0 amide bonds. The van der Waals surface area contributed by atoms with Gasteiger partial charge in [0, 0.05) is 4.90 Å². The number of H-pyrrole nitrogens is 1. The third kappa shape index (κ3) is 1.78. The Bertz CT molecular complexity index is 405. The molecule has 68 valence electrons. The van der Waals surface area contributed by atoms with E-state index in [-0.39, 0.29) is 0 Å². The zero-order valence-corrected chi connectivity index (χ0v) is 7.11. The van der Waals surface area contributed by atoms with Gasteiger partial charge in [-0.3, -0.25) is 5.10 Å². The zero-order valence-electron chi connectivity index (χ0n) is 6.30. The number of rotatable bonds is 3. The van der Waals surface area contributed by atoms with Crippen LogP contribution in [0, 0.1) is 0 Å². The van der Waals surface area contributed by atoms with Gasteiger partial charge in [-0.1, -0.05) is 10.3 Å². The second-order valence-electron chi connectivity index (χ2n) is 2.22. The van der Waals surface area contributed by atoms with Gasteiger partial charge in [0.05, 0.1) is 17.6 Å². The number of fused-ring (bicyclic) bond motifs is 1. The molecule has 2 rings (SSSR count). The molecule has 0 aliphatic carbocycles. The van der Waals surface area contributed by atoms with E-state index in [9.17, 15) is 0 Å². The molecule has 0 aliphatic heterocycles. The van der Waals surface area contributed by atoms with E-state index in [4.69, 9.17) is 5.26 Å². The van der Waals surface area contributed by atoms with Crippen LogP contribution in [0.1, 0.15) is 0 Å². The van der Waals surface area contributed by atoms with Gasteiger partial charge in [-0.25, -0.2) is 5.26 Å². The van der Waals surface area contributed by atoms with Gasteiger partial charge in [-0.05, 0) is 18.2 Å². The van der Waals surface area contributed by atoms with Crippen molar-refractivity contribution in [1.82, 2.24) is 15.4 Å². The Morgan fingerprint density at radius 3 is 3.23 bits per heavy atom. The second kappa shape index (κ2) is 3.71. The number of nitrogens with zero attached hydrogens (tertiary/aromatic N) is 2. The van der Waals surface area contributed by atoms with Crippen LogP contribution in [0.15, 0.2) is 23.1 Å². The molecule has 7 heteroatoms. The number of hydrogen-bond acceptors (Lipinski definition) is 6. The van der Waals surface area contributed by atoms with Gasteiger partial charge in [-0.15, -0.1) is 9.43 Å². The lowest BCUT2D eigenvalue weighted by molar-refractivity contribution is -0.432. The molecule has 1 aromatic heterocycles. The fraction of sp³-hybridized carbons (Fsp3) is 0. The maximum Gasteiger partial charge on any atom is 0.113 e. The normalized spacial score (nSPS) is 10.8. The van der Waals surface area contributed by atoms with Gasteiger partial charge >= 0.3 is 0 Å². The fourth-order valence-electron chi connectivity index (χ4n) is 0.931. The van der Waals surface area contributed by atoms with Crippen molar-refractivity contribution < 1.29 is 14.6 Å². The minimum Gasteiger partial charge on any atom is -0.258 e. The molecule has 13 heavy (non-hydrogen) atoms. The van der Waals surface area contributed by atoms with Crippen LogP contribution in [0.4, 0.5) is 0 Å². The average molecular weight is 199 g/mol. The predicted molar refractivity (Wildman–Crippen MR) is 44.5 cm³/mol. The summed E-state index contributed by atoms with van der Waals surface area (Å²) in [6.07, 6.45) is 0. The monoisotopic (exact) mass is 199 g/mol. The quantitative estimate of drug-likeness (QED) is 0.441. The van der Waals surface area contributed by atoms with Crippen LogP contribution in [0.3, 0.4) is 0 Å². The minimum atomic E-state index is 0.771. The first-order valence-electron chi connectivity index (χ1n) is 3.36. The number of nitrogens with one attached hydrogen (secondary N) is 1. The van der Waals surface area contributed by atoms with Crippen molar-refractivity contribution in [2.24, 2.45) is 0 Å². The van der Waals surface area contributed by atoms with Crippen molar-refractivity contribution in [2.75, 3.05) is 0 Å². The lowest BCUT2D eigenvalue weighted by Gasteiger charge is -1.95. The smallest absolute Gasteiger partial charge is 0.113 e. The van der Waals surface area contributed by atoms with Crippen LogP contribution in [0.2, 0.25) is 0 Å². The van der Waals surface area contributed by atoms with Crippen molar-refractivity contribution in [3.8, 4) is 0 Å². The Morgan fingerprint density at radius 1 is 1.46 bits per heavy atom. The lowest BCUT2D eigenvalue weighted by atomic mass is 10.3. The van der Waals surface area contributed by atoms with E-state index in [1.807, 2.05) is 0 Å². The molecule has 0 fully saturated rings. The molecule has 6 nitrogen and oxygen atoms in total. The highest BCUT2D eigenvalue weighted by Crippen LogP contribution is 2.21. The molecule has 2 N–H and O–H groups in total. The average Bonchev–Trinajstić information content (AvgIpc) is 2.61. The maximum absolute atomic E-state index is 7.93. The molecule has 0 unspecified atom stereocenters. The van der Waals surface area contributed by atoms with Crippen LogP contribution < -0.4 is 0 Å². The molecule has 0 saturated heterocycles. The van der Waals surface area contributed by atoms with Crippen molar-refractivity contribution in [3.05, 3.63) is 18.2 Å². The predicted octanol–water partition coefficient (Wildman–Crippen LogP) is 1.39. The number of benzene rings is 1. The summed E-state index contributed by atoms with van der Waals surface area (Å²) < 4.78 is 4.26. The summed E-state index contributed by atoms with van der Waals surface area (Å²) in [5, 5.41) is 21.5. The summed E-state index contributed by atoms with van der Waals surface area (Å²) >= 11 is 0.891. The van der Waals surface area contributed by atoms with Gasteiger partial charge in [-0.2, -0.15) is 0 Å². The highest BCUT2D eigenvalue weighted by atomic mass is 32.2. The first kappa shape index (κ1) is 8.45.